The first-order chi connectivity index (χ1) is 15.9. The van der Waals surface area contributed by atoms with Gasteiger partial charge < -0.3 is 29.9 Å². The van der Waals surface area contributed by atoms with Gasteiger partial charge in [0.15, 0.2) is 0 Å². The van der Waals surface area contributed by atoms with E-state index in [-0.39, 0.29) is 23.6 Å². The van der Waals surface area contributed by atoms with Gasteiger partial charge in [-0.3, -0.25) is 0 Å². The number of rotatable bonds is 3. The van der Waals surface area contributed by atoms with Crippen molar-refractivity contribution in [3.8, 4) is 11.3 Å². The first kappa shape index (κ1) is 21.6. The second-order valence-corrected chi connectivity index (χ2v) is 9.16. The van der Waals surface area contributed by atoms with Crippen molar-refractivity contribution >= 4 is 23.8 Å². The van der Waals surface area contributed by atoms with Gasteiger partial charge in [0.25, 0.3) is 0 Å². The summed E-state index contributed by atoms with van der Waals surface area (Å²) in [5.41, 5.74) is 8.22. The van der Waals surface area contributed by atoms with Crippen molar-refractivity contribution in [2.75, 3.05) is 62.0 Å². The fourth-order valence-corrected chi connectivity index (χ4v) is 5.07. The molecule has 2 N–H and O–H groups in total. The normalized spacial score (nSPS) is 24.8. The summed E-state index contributed by atoms with van der Waals surface area (Å²) in [4.78, 5) is 36.9. The predicted molar refractivity (Wildman–Crippen MR) is 123 cm³/mol. The fourth-order valence-electron chi connectivity index (χ4n) is 5.07. The van der Waals surface area contributed by atoms with E-state index < -0.39 is 0 Å². The lowest BCUT2D eigenvalue weighted by molar-refractivity contribution is 0.0981. The topological polar surface area (TPSA) is 123 Å². The highest BCUT2D eigenvalue weighted by atomic mass is 16.5. The number of hydrogen-bond donors (Lipinski definition) is 1. The van der Waals surface area contributed by atoms with E-state index in [9.17, 15) is 4.79 Å². The van der Waals surface area contributed by atoms with E-state index in [1.54, 1.807) is 17.3 Å². The monoisotopic (exact) mass is 454 g/mol. The Balaban J connectivity index is 1.58. The van der Waals surface area contributed by atoms with Crippen molar-refractivity contribution in [3.63, 3.8) is 0 Å². The molecule has 0 aliphatic carbocycles. The second kappa shape index (κ2) is 8.29. The lowest BCUT2D eigenvalue weighted by Crippen LogP contribution is -2.49. The van der Waals surface area contributed by atoms with Gasteiger partial charge in [-0.2, -0.15) is 4.98 Å². The molecule has 2 aromatic rings. The van der Waals surface area contributed by atoms with Crippen LogP contribution in [0.1, 0.15) is 25.8 Å². The molecule has 176 valence electrons. The zero-order valence-corrected chi connectivity index (χ0v) is 19.3. The van der Waals surface area contributed by atoms with Crippen LogP contribution < -0.4 is 15.5 Å². The number of aromatic nitrogens is 4. The number of morpholine rings is 1. The van der Waals surface area contributed by atoms with Gasteiger partial charge in [-0.05, 0) is 26.7 Å². The molecule has 3 aliphatic rings. The van der Waals surface area contributed by atoms with Crippen LogP contribution in [-0.2, 0) is 15.9 Å². The molecule has 11 heteroatoms. The molecule has 2 aromatic heterocycles. The number of likely N-dealkylation sites (tertiary alicyclic amines) is 1. The molecule has 33 heavy (non-hydrogen) atoms. The first-order valence-electron chi connectivity index (χ1n) is 11.3. The van der Waals surface area contributed by atoms with Crippen LogP contribution in [0.5, 0.6) is 0 Å². The Morgan fingerprint density at radius 1 is 1.24 bits per heavy atom. The first-order valence-corrected chi connectivity index (χ1v) is 11.3. The number of fused-ring (bicyclic) bond motifs is 1. The Morgan fingerprint density at radius 2 is 2.03 bits per heavy atom. The maximum atomic E-state index is 12.1. The van der Waals surface area contributed by atoms with E-state index in [2.05, 4.69) is 33.6 Å². The van der Waals surface area contributed by atoms with Gasteiger partial charge >= 0.3 is 6.09 Å². The highest BCUT2D eigenvalue weighted by molar-refractivity contribution is 5.74. The van der Waals surface area contributed by atoms with E-state index in [0.717, 1.165) is 48.6 Å². The molecular formula is C22H30N8O3. The molecule has 0 spiro atoms. The van der Waals surface area contributed by atoms with Crippen LogP contribution in [0.3, 0.4) is 0 Å². The zero-order valence-electron chi connectivity index (χ0n) is 19.3. The molecule has 0 aromatic carbocycles. The van der Waals surface area contributed by atoms with E-state index >= 15 is 0 Å². The quantitative estimate of drug-likeness (QED) is 0.726. The Kier molecular flexibility index (Phi) is 5.43. The van der Waals surface area contributed by atoms with E-state index in [0.29, 0.717) is 32.3 Å². The predicted octanol–water partition coefficient (Wildman–Crippen LogP) is 1.33. The van der Waals surface area contributed by atoms with Crippen molar-refractivity contribution in [2.24, 2.45) is 0 Å². The SMILES string of the molecule is COC(=O)N1CC[C@](C)(N2CCc3c(-c4cnc(N)nc4)nc(N4CCOC[C@@H]4C)nc32)C1. The highest BCUT2D eigenvalue weighted by Gasteiger charge is 2.45. The number of amides is 1. The summed E-state index contributed by atoms with van der Waals surface area (Å²) < 4.78 is 10.6. The molecule has 2 saturated heterocycles. The minimum absolute atomic E-state index is 0.166. The number of nitrogens with zero attached hydrogens (tertiary/aromatic N) is 7. The molecule has 0 radical (unpaired) electrons. The van der Waals surface area contributed by atoms with Crippen molar-refractivity contribution in [2.45, 2.75) is 38.3 Å². The van der Waals surface area contributed by atoms with Crippen LogP contribution in [0, 0.1) is 0 Å². The molecule has 0 saturated carbocycles. The molecule has 5 heterocycles. The number of methoxy groups -OCH3 is 1. The molecule has 0 bridgehead atoms. The number of nitrogen functional groups attached to an aromatic ring is 1. The number of hydrogen-bond acceptors (Lipinski definition) is 10. The standard InChI is InChI=1S/C22H30N8O3/c1-14-12-33-9-8-29(14)20-26-17(15-10-24-19(23)25-11-15)16-4-6-30(18(16)27-20)22(2)5-7-28(13-22)21(31)32-3/h10-11,14H,4-9,12-13H2,1-3H3,(H2,23,24,25)/t14-,22-/m0/s1. The Morgan fingerprint density at radius 3 is 2.76 bits per heavy atom. The maximum absolute atomic E-state index is 12.1. The number of anilines is 3. The van der Waals surface area contributed by atoms with Gasteiger partial charge in [-0.1, -0.05) is 0 Å². The summed E-state index contributed by atoms with van der Waals surface area (Å²) in [6.45, 7) is 8.36. The van der Waals surface area contributed by atoms with Crippen molar-refractivity contribution in [3.05, 3.63) is 18.0 Å². The van der Waals surface area contributed by atoms with Gasteiger partial charge in [0, 0.05) is 49.7 Å². The average Bonchev–Trinajstić information content (AvgIpc) is 3.43. The highest BCUT2D eigenvalue weighted by Crippen LogP contribution is 2.41. The third-order valence-electron chi connectivity index (χ3n) is 6.92. The van der Waals surface area contributed by atoms with Gasteiger partial charge in [0.05, 0.1) is 37.6 Å². The van der Waals surface area contributed by atoms with E-state index in [1.807, 2.05) is 0 Å². The Bertz CT molecular complexity index is 1050. The minimum Gasteiger partial charge on any atom is -0.453 e. The van der Waals surface area contributed by atoms with Crippen LogP contribution in [0.15, 0.2) is 12.4 Å². The molecule has 5 rings (SSSR count). The van der Waals surface area contributed by atoms with Crippen LogP contribution in [0.4, 0.5) is 22.5 Å². The maximum Gasteiger partial charge on any atom is 0.409 e. The van der Waals surface area contributed by atoms with Gasteiger partial charge in [-0.25, -0.2) is 19.7 Å². The molecule has 1 amide bonds. The largest absolute Gasteiger partial charge is 0.453 e. The third kappa shape index (κ3) is 3.79. The van der Waals surface area contributed by atoms with Crippen molar-refractivity contribution in [1.29, 1.82) is 0 Å². The van der Waals surface area contributed by atoms with Crippen molar-refractivity contribution in [1.82, 2.24) is 24.8 Å². The summed E-state index contributed by atoms with van der Waals surface area (Å²) in [6.07, 6.45) is 4.80. The molecule has 2 fully saturated rings. The van der Waals surface area contributed by atoms with Crippen LogP contribution in [-0.4, -0.2) is 89.0 Å². The summed E-state index contributed by atoms with van der Waals surface area (Å²) in [6, 6.07) is 0.166. The molecule has 11 nitrogen and oxygen atoms in total. The fraction of sp³-hybridized carbons (Fsp3) is 0.591. The van der Waals surface area contributed by atoms with Crippen LogP contribution in [0.25, 0.3) is 11.3 Å². The third-order valence-corrected chi connectivity index (χ3v) is 6.92. The molecule has 0 unspecified atom stereocenters. The average molecular weight is 455 g/mol. The van der Waals surface area contributed by atoms with Gasteiger partial charge in [0.1, 0.15) is 5.82 Å². The van der Waals surface area contributed by atoms with E-state index in [4.69, 9.17) is 25.2 Å². The van der Waals surface area contributed by atoms with Gasteiger partial charge in [0.2, 0.25) is 11.9 Å². The Hall–Kier alpha value is -3.21. The van der Waals surface area contributed by atoms with Crippen LogP contribution >= 0.6 is 0 Å². The van der Waals surface area contributed by atoms with E-state index in [1.165, 1.54) is 7.11 Å². The van der Waals surface area contributed by atoms with Crippen molar-refractivity contribution < 1.29 is 14.3 Å². The smallest absolute Gasteiger partial charge is 0.409 e. The zero-order chi connectivity index (χ0) is 23.2. The molecule has 2 atom stereocenters. The summed E-state index contributed by atoms with van der Waals surface area (Å²) in [7, 11) is 1.42. The number of carbonyl (C=O) groups is 1. The minimum atomic E-state index is -0.289. The number of ether oxygens (including phenoxy) is 2. The lowest BCUT2D eigenvalue weighted by Gasteiger charge is -2.38. The Labute approximate surface area is 192 Å². The summed E-state index contributed by atoms with van der Waals surface area (Å²) in [5, 5.41) is 0. The number of nitrogens with two attached hydrogens (primary N) is 1. The number of carbonyl (C=O) groups excluding carboxylic acids is 1. The van der Waals surface area contributed by atoms with Crippen LogP contribution in [0.2, 0.25) is 0 Å². The summed E-state index contributed by atoms with van der Waals surface area (Å²) >= 11 is 0. The summed E-state index contributed by atoms with van der Waals surface area (Å²) in [5.74, 6) is 1.82. The van der Waals surface area contributed by atoms with Gasteiger partial charge in [-0.15, -0.1) is 0 Å². The second-order valence-electron chi connectivity index (χ2n) is 9.16. The lowest BCUT2D eigenvalue weighted by atomic mass is 9.99. The molecule has 3 aliphatic heterocycles. The molecular weight excluding hydrogens is 424 g/mol.